The van der Waals surface area contributed by atoms with E-state index in [1.165, 1.54) is 12.1 Å². The van der Waals surface area contributed by atoms with E-state index < -0.39 is 5.97 Å². The number of anilines is 1. The molecule has 6 heteroatoms. The fraction of sp³-hybridized carbons (Fsp3) is 0.467. The molecule has 3 rings (SSSR count). The van der Waals surface area contributed by atoms with Crippen molar-refractivity contribution in [3.63, 3.8) is 0 Å². The van der Waals surface area contributed by atoms with Crippen molar-refractivity contribution >= 4 is 23.1 Å². The number of aromatic nitrogens is 1. The van der Waals surface area contributed by atoms with Gasteiger partial charge in [-0.3, -0.25) is 0 Å². The number of aromatic carboxylic acids is 1. The third-order valence-corrected chi connectivity index (χ3v) is 4.12. The number of hydrogen-bond acceptors (Lipinski definition) is 5. The van der Waals surface area contributed by atoms with Crippen molar-refractivity contribution < 1.29 is 19.4 Å². The summed E-state index contributed by atoms with van der Waals surface area (Å²) in [6.07, 6.45) is 1.52. The number of carboxylic acids is 1. The Morgan fingerprint density at radius 2 is 2.14 bits per heavy atom. The first-order valence-electron chi connectivity index (χ1n) is 7.11. The number of aliphatic hydroxyl groups excluding tert-OH is 1. The van der Waals surface area contributed by atoms with Crippen LogP contribution >= 0.6 is 0 Å². The summed E-state index contributed by atoms with van der Waals surface area (Å²) < 4.78 is 5.68. The number of rotatable bonds is 3. The molecular weight excluding hydrogens is 272 g/mol. The molecule has 1 saturated heterocycles. The maximum absolute atomic E-state index is 11.0. The van der Waals surface area contributed by atoms with E-state index in [4.69, 9.17) is 9.52 Å². The molecule has 2 heterocycles. The number of benzene rings is 1. The summed E-state index contributed by atoms with van der Waals surface area (Å²) in [5.74, 6) is -0.656. The predicted molar refractivity (Wildman–Crippen MR) is 77.6 cm³/mol. The van der Waals surface area contributed by atoms with Crippen LogP contribution in [0.3, 0.4) is 0 Å². The number of nitrogens with zero attached hydrogens (tertiary/aromatic N) is 2. The molecule has 2 N–H and O–H groups in total. The van der Waals surface area contributed by atoms with Gasteiger partial charge in [0.2, 0.25) is 0 Å². The minimum Gasteiger partial charge on any atom is -0.478 e. The lowest BCUT2D eigenvalue weighted by atomic mass is 9.92. The highest BCUT2D eigenvalue weighted by Crippen LogP contribution is 2.28. The second-order valence-corrected chi connectivity index (χ2v) is 5.55. The van der Waals surface area contributed by atoms with Crippen molar-refractivity contribution in [2.45, 2.75) is 25.9 Å². The first-order valence-corrected chi connectivity index (χ1v) is 7.11. The zero-order valence-corrected chi connectivity index (χ0v) is 11.8. The maximum Gasteiger partial charge on any atom is 0.335 e. The van der Waals surface area contributed by atoms with Gasteiger partial charge in [0.1, 0.15) is 5.52 Å². The lowest BCUT2D eigenvalue weighted by Crippen LogP contribution is -2.37. The molecule has 1 aliphatic rings. The Bertz CT molecular complexity index is 657. The van der Waals surface area contributed by atoms with Crippen LogP contribution in [0.1, 0.15) is 30.1 Å². The molecule has 2 aromatic rings. The molecule has 21 heavy (non-hydrogen) atoms. The zero-order valence-electron chi connectivity index (χ0n) is 11.8. The van der Waals surface area contributed by atoms with Gasteiger partial charge in [-0.25, -0.2) is 4.79 Å². The van der Waals surface area contributed by atoms with Crippen molar-refractivity contribution in [2.75, 3.05) is 18.0 Å². The Hall–Kier alpha value is -2.08. The topological polar surface area (TPSA) is 86.8 Å². The Morgan fingerprint density at radius 3 is 2.76 bits per heavy atom. The Labute approximate surface area is 122 Å². The molecule has 1 aromatic heterocycles. The number of carboxylic acid groups (broad SMARTS) is 1. The molecule has 1 atom stereocenters. The quantitative estimate of drug-likeness (QED) is 0.900. The van der Waals surface area contributed by atoms with E-state index in [2.05, 4.69) is 4.98 Å². The molecule has 1 aromatic carbocycles. The van der Waals surface area contributed by atoms with Crippen LogP contribution in [-0.4, -0.2) is 40.4 Å². The lowest BCUT2D eigenvalue weighted by molar-refractivity contribution is 0.0697. The summed E-state index contributed by atoms with van der Waals surface area (Å²) >= 11 is 0. The second kappa shape index (κ2) is 5.37. The van der Waals surface area contributed by atoms with Crippen LogP contribution in [0.4, 0.5) is 6.01 Å². The van der Waals surface area contributed by atoms with E-state index in [1.54, 1.807) is 6.07 Å². The summed E-state index contributed by atoms with van der Waals surface area (Å²) in [7, 11) is 0. The van der Waals surface area contributed by atoms with E-state index in [1.807, 2.05) is 11.8 Å². The first-order chi connectivity index (χ1) is 10.0. The van der Waals surface area contributed by atoms with Gasteiger partial charge < -0.3 is 19.5 Å². The molecule has 0 spiro atoms. The van der Waals surface area contributed by atoms with Gasteiger partial charge in [0.25, 0.3) is 6.01 Å². The van der Waals surface area contributed by atoms with E-state index in [0.29, 0.717) is 23.0 Å². The largest absolute Gasteiger partial charge is 0.478 e. The molecule has 0 aliphatic carbocycles. The van der Waals surface area contributed by atoms with Crippen LogP contribution in [0.25, 0.3) is 11.1 Å². The van der Waals surface area contributed by atoms with Crippen LogP contribution in [0.5, 0.6) is 0 Å². The molecule has 112 valence electrons. The number of aliphatic hydroxyl groups is 1. The van der Waals surface area contributed by atoms with E-state index in [9.17, 15) is 9.90 Å². The molecule has 6 nitrogen and oxygen atoms in total. The molecule has 1 aliphatic heterocycles. The average molecular weight is 290 g/mol. The Kier molecular flexibility index (Phi) is 3.55. The molecule has 0 saturated carbocycles. The molecule has 0 bridgehead atoms. The predicted octanol–water partition coefficient (Wildman–Crippen LogP) is 2.12. The third-order valence-electron chi connectivity index (χ3n) is 4.12. The van der Waals surface area contributed by atoms with E-state index >= 15 is 0 Å². The normalized spacial score (nSPS) is 18.1. The van der Waals surface area contributed by atoms with Crippen molar-refractivity contribution in [2.24, 2.45) is 5.92 Å². The van der Waals surface area contributed by atoms with Gasteiger partial charge in [0, 0.05) is 13.1 Å². The standard InChI is InChI=1S/C15H18N2O4/c1-9(18)10-4-6-17(7-5-10)15-16-12-3-2-11(14(19)20)8-13(12)21-15/h2-3,8-10,18H,4-7H2,1H3,(H,19,20). The minimum absolute atomic E-state index is 0.193. The Morgan fingerprint density at radius 1 is 1.43 bits per heavy atom. The molecule has 0 radical (unpaired) electrons. The van der Waals surface area contributed by atoms with Crippen LogP contribution in [0.2, 0.25) is 0 Å². The zero-order chi connectivity index (χ0) is 15.0. The summed E-state index contributed by atoms with van der Waals surface area (Å²) in [4.78, 5) is 17.4. The summed E-state index contributed by atoms with van der Waals surface area (Å²) in [5.41, 5.74) is 1.34. The molecular formula is C15H18N2O4. The maximum atomic E-state index is 11.0. The number of oxazole rings is 1. The van der Waals surface area contributed by atoms with Crippen LogP contribution in [-0.2, 0) is 0 Å². The van der Waals surface area contributed by atoms with Gasteiger partial charge in [0.15, 0.2) is 5.58 Å². The Balaban J connectivity index is 1.80. The summed E-state index contributed by atoms with van der Waals surface area (Å²) in [6.45, 7) is 3.40. The van der Waals surface area contributed by atoms with Crippen molar-refractivity contribution in [3.05, 3.63) is 23.8 Å². The van der Waals surface area contributed by atoms with Crippen LogP contribution in [0, 0.1) is 5.92 Å². The van der Waals surface area contributed by atoms with Gasteiger partial charge in [0.05, 0.1) is 11.7 Å². The second-order valence-electron chi connectivity index (χ2n) is 5.55. The average Bonchev–Trinajstić information content (AvgIpc) is 2.90. The molecule has 1 unspecified atom stereocenters. The monoisotopic (exact) mass is 290 g/mol. The van der Waals surface area contributed by atoms with Crippen molar-refractivity contribution in [1.29, 1.82) is 0 Å². The fourth-order valence-corrected chi connectivity index (χ4v) is 2.75. The summed E-state index contributed by atoms with van der Waals surface area (Å²) in [5, 5.41) is 18.6. The molecule has 1 fully saturated rings. The summed E-state index contributed by atoms with van der Waals surface area (Å²) in [6, 6.07) is 5.21. The van der Waals surface area contributed by atoms with E-state index in [-0.39, 0.29) is 11.7 Å². The van der Waals surface area contributed by atoms with Gasteiger partial charge >= 0.3 is 5.97 Å². The van der Waals surface area contributed by atoms with Gasteiger partial charge in [-0.1, -0.05) is 0 Å². The third kappa shape index (κ3) is 2.71. The SMILES string of the molecule is CC(O)C1CCN(c2nc3ccc(C(=O)O)cc3o2)CC1. The number of fused-ring (bicyclic) bond motifs is 1. The van der Waals surface area contributed by atoms with Gasteiger partial charge in [-0.2, -0.15) is 4.98 Å². The highest BCUT2D eigenvalue weighted by molar-refractivity contribution is 5.92. The van der Waals surface area contributed by atoms with Gasteiger partial charge in [-0.15, -0.1) is 0 Å². The van der Waals surface area contributed by atoms with Crippen molar-refractivity contribution in [1.82, 2.24) is 4.98 Å². The van der Waals surface area contributed by atoms with Crippen molar-refractivity contribution in [3.8, 4) is 0 Å². The van der Waals surface area contributed by atoms with Gasteiger partial charge in [-0.05, 0) is 43.9 Å². The van der Waals surface area contributed by atoms with E-state index in [0.717, 1.165) is 25.9 Å². The fourth-order valence-electron chi connectivity index (χ4n) is 2.75. The first kappa shape index (κ1) is 13.9. The molecule has 0 amide bonds. The number of hydrogen-bond donors (Lipinski definition) is 2. The smallest absolute Gasteiger partial charge is 0.335 e. The highest BCUT2D eigenvalue weighted by atomic mass is 16.4. The lowest BCUT2D eigenvalue weighted by Gasteiger charge is -2.32. The number of piperidine rings is 1. The number of carbonyl (C=O) groups is 1. The van der Waals surface area contributed by atoms with Crippen LogP contribution < -0.4 is 4.90 Å². The highest BCUT2D eigenvalue weighted by Gasteiger charge is 2.25. The van der Waals surface area contributed by atoms with Crippen LogP contribution in [0.15, 0.2) is 22.6 Å². The minimum atomic E-state index is -0.979.